The van der Waals surface area contributed by atoms with E-state index in [1.807, 2.05) is 0 Å². The van der Waals surface area contributed by atoms with Crippen LogP contribution in [0.1, 0.15) is 26.7 Å². The van der Waals surface area contributed by atoms with Crippen LogP contribution < -0.4 is 10.6 Å². The quantitative estimate of drug-likeness (QED) is 0.778. The maximum atomic E-state index is 13.3. The summed E-state index contributed by atoms with van der Waals surface area (Å²) in [5, 5.41) is 13.3. The number of nitrogens with one attached hydrogen (secondary N) is 2. The Labute approximate surface area is 115 Å². The second-order valence-corrected chi connectivity index (χ2v) is 4.98. The number of urea groups is 1. The van der Waals surface area contributed by atoms with E-state index in [0.29, 0.717) is 0 Å². The van der Waals surface area contributed by atoms with E-state index in [0.717, 1.165) is 18.2 Å². The van der Waals surface area contributed by atoms with Crippen molar-refractivity contribution in [2.45, 2.75) is 32.2 Å². The molecule has 0 aliphatic carbocycles. The van der Waals surface area contributed by atoms with Gasteiger partial charge in [0.2, 0.25) is 0 Å². The number of benzene rings is 1. The van der Waals surface area contributed by atoms with Gasteiger partial charge in [0.25, 0.3) is 0 Å². The van der Waals surface area contributed by atoms with Crippen LogP contribution in [0.2, 0.25) is 0 Å². The van der Waals surface area contributed by atoms with Crippen LogP contribution in [0.3, 0.4) is 0 Å². The summed E-state index contributed by atoms with van der Waals surface area (Å²) >= 11 is 0. The molecule has 0 radical (unpaired) electrons. The summed E-state index contributed by atoms with van der Waals surface area (Å²) in [6.07, 6.45) is 0.100. The van der Waals surface area contributed by atoms with Gasteiger partial charge in [0, 0.05) is 18.0 Å². The van der Waals surface area contributed by atoms with Crippen molar-refractivity contribution in [3.63, 3.8) is 0 Å². The molecule has 110 valence electrons. The Morgan fingerprint density at radius 3 is 2.55 bits per heavy atom. The zero-order chi connectivity index (χ0) is 15.3. The smallest absolute Gasteiger partial charge is 0.319 e. The summed E-state index contributed by atoms with van der Waals surface area (Å²) in [5.74, 6) is -2.41. The SMILES string of the molecule is CC(C)(CCC(=O)O)NC(=O)Nc1cc(F)ccc1F. The Kier molecular flexibility index (Phi) is 5.01. The summed E-state index contributed by atoms with van der Waals surface area (Å²) in [6, 6.07) is 1.97. The molecule has 0 aromatic heterocycles. The highest BCUT2D eigenvalue weighted by molar-refractivity contribution is 5.89. The average Bonchev–Trinajstić information content (AvgIpc) is 2.31. The molecule has 0 spiro atoms. The molecule has 0 unspecified atom stereocenters. The van der Waals surface area contributed by atoms with Crippen LogP contribution in [0.15, 0.2) is 18.2 Å². The minimum atomic E-state index is -0.976. The highest BCUT2D eigenvalue weighted by Gasteiger charge is 2.22. The van der Waals surface area contributed by atoms with E-state index in [-0.39, 0.29) is 18.5 Å². The lowest BCUT2D eigenvalue weighted by Crippen LogP contribution is -2.45. The minimum absolute atomic E-state index is 0.110. The van der Waals surface area contributed by atoms with Crippen molar-refractivity contribution in [2.75, 3.05) is 5.32 Å². The molecule has 0 saturated heterocycles. The predicted molar refractivity (Wildman–Crippen MR) is 69.5 cm³/mol. The molecule has 20 heavy (non-hydrogen) atoms. The minimum Gasteiger partial charge on any atom is -0.481 e. The maximum Gasteiger partial charge on any atom is 0.319 e. The number of amides is 2. The molecular formula is C13H16F2N2O3. The lowest BCUT2D eigenvalue weighted by Gasteiger charge is -2.25. The van der Waals surface area contributed by atoms with Gasteiger partial charge in [-0.25, -0.2) is 13.6 Å². The number of halogens is 2. The Hall–Kier alpha value is -2.18. The molecule has 7 heteroatoms. The monoisotopic (exact) mass is 286 g/mol. The van der Waals surface area contributed by atoms with E-state index in [1.54, 1.807) is 13.8 Å². The van der Waals surface area contributed by atoms with E-state index in [1.165, 1.54) is 0 Å². The Morgan fingerprint density at radius 2 is 1.95 bits per heavy atom. The summed E-state index contributed by atoms with van der Waals surface area (Å²) in [7, 11) is 0. The first-order chi connectivity index (χ1) is 9.19. The Bertz CT molecular complexity index is 518. The van der Waals surface area contributed by atoms with Crippen LogP contribution in [0.25, 0.3) is 0 Å². The van der Waals surface area contributed by atoms with Gasteiger partial charge in [-0.2, -0.15) is 0 Å². The molecule has 1 aromatic carbocycles. The number of rotatable bonds is 5. The van der Waals surface area contributed by atoms with Gasteiger partial charge >= 0.3 is 12.0 Å². The number of aliphatic carboxylic acids is 1. The average molecular weight is 286 g/mol. The molecule has 0 saturated carbocycles. The zero-order valence-electron chi connectivity index (χ0n) is 11.2. The third-order valence-electron chi connectivity index (χ3n) is 2.59. The summed E-state index contributed by atoms with van der Waals surface area (Å²) in [6.45, 7) is 3.27. The summed E-state index contributed by atoms with van der Waals surface area (Å²) in [4.78, 5) is 22.2. The highest BCUT2D eigenvalue weighted by Crippen LogP contribution is 2.16. The van der Waals surface area contributed by atoms with E-state index in [4.69, 9.17) is 5.11 Å². The van der Waals surface area contributed by atoms with Crippen LogP contribution in [0.5, 0.6) is 0 Å². The van der Waals surface area contributed by atoms with Gasteiger partial charge in [-0.3, -0.25) is 4.79 Å². The molecule has 5 nitrogen and oxygen atoms in total. The normalized spacial score (nSPS) is 11.0. The summed E-state index contributed by atoms with van der Waals surface area (Å²) < 4.78 is 26.3. The first-order valence-electron chi connectivity index (χ1n) is 5.95. The van der Waals surface area contributed by atoms with Crippen LogP contribution in [-0.2, 0) is 4.79 Å². The molecule has 1 rings (SSSR count). The van der Waals surface area contributed by atoms with Crippen LogP contribution >= 0.6 is 0 Å². The fourth-order valence-corrected chi connectivity index (χ4v) is 1.54. The van der Waals surface area contributed by atoms with E-state index in [9.17, 15) is 18.4 Å². The third-order valence-corrected chi connectivity index (χ3v) is 2.59. The topological polar surface area (TPSA) is 78.4 Å². The number of carbonyl (C=O) groups excluding carboxylic acids is 1. The highest BCUT2D eigenvalue weighted by atomic mass is 19.1. The van der Waals surface area contributed by atoms with E-state index in [2.05, 4.69) is 10.6 Å². The van der Waals surface area contributed by atoms with Gasteiger partial charge < -0.3 is 15.7 Å². The number of carboxylic acids is 1. The molecule has 0 fully saturated rings. The van der Waals surface area contributed by atoms with Crippen LogP contribution in [-0.4, -0.2) is 22.6 Å². The Morgan fingerprint density at radius 1 is 1.30 bits per heavy atom. The first kappa shape index (κ1) is 15.9. The number of hydrogen-bond donors (Lipinski definition) is 3. The third kappa shape index (κ3) is 5.21. The molecule has 0 atom stereocenters. The predicted octanol–water partition coefficient (Wildman–Crippen LogP) is 2.73. The van der Waals surface area contributed by atoms with Crippen molar-refractivity contribution in [2.24, 2.45) is 0 Å². The van der Waals surface area contributed by atoms with Gasteiger partial charge in [-0.15, -0.1) is 0 Å². The lowest BCUT2D eigenvalue weighted by molar-refractivity contribution is -0.137. The fraction of sp³-hybridized carbons (Fsp3) is 0.385. The van der Waals surface area contributed by atoms with Gasteiger partial charge in [-0.1, -0.05) is 0 Å². The first-order valence-corrected chi connectivity index (χ1v) is 5.95. The van der Waals surface area contributed by atoms with Crippen LogP contribution in [0, 0.1) is 11.6 Å². The Balaban J connectivity index is 2.63. The van der Waals surface area contributed by atoms with Crippen molar-refractivity contribution in [3.8, 4) is 0 Å². The van der Waals surface area contributed by atoms with E-state index < -0.39 is 29.2 Å². The zero-order valence-corrected chi connectivity index (χ0v) is 11.2. The van der Waals surface area contributed by atoms with Gasteiger partial charge in [0.05, 0.1) is 5.69 Å². The van der Waals surface area contributed by atoms with Crippen LogP contribution in [0.4, 0.5) is 19.3 Å². The molecule has 2 amide bonds. The molecule has 1 aromatic rings. The number of anilines is 1. The van der Waals surface area contributed by atoms with Crippen molar-refractivity contribution in [1.82, 2.24) is 5.32 Å². The molecule has 3 N–H and O–H groups in total. The van der Waals surface area contributed by atoms with Gasteiger partial charge in [0.1, 0.15) is 11.6 Å². The summed E-state index contributed by atoms with van der Waals surface area (Å²) in [5.41, 5.74) is -1.07. The number of hydrogen-bond acceptors (Lipinski definition) is 2. The number of carbonyl (C=O) groups is 2. The van der Waals surface area contributed by atoms with Crippen molar-refractivity contribution >= 4 is 17.7 Å². The van der Waals surface area contributed by atoms with Crippen molar-refractivity contribution in [1.29, 1.82) is 0 Å². The lowest BCUT2D eigenvalue weighted by atomic mass is 9.99. The maximum absolute atomic E-state index is 13.3. The fourth-order valence-electron chi connectivity index (χ4n) is 1.54. The molecule has 0 aliphatic rings. The van der Waals surface area contributed by atoms with Gasteiger partial charge in [0.15, 0.2) is 0 Å². The molecule has 0 heterocycles. The van der Waals surface area contributed by atoms with Crippen molar-refractivity contribution < 1.29 is 23.5 Å². The van der Waals surface area contributed by atoms with E-state index >= 15 is 0 Å². The van der Waals surface area contributed by atoms with Gasteiger partial charge in [-0.05, 0) is 32.4 Å². The molecule has 0 bridgehead atoms. The van der Waals surface area contributed by atoms with Crippen molar-refractivity contribution in [3.05, 3.63) is 29.8 Å². The largest absolute Gasteiger partial charge is 0.481 e. The second-order valence-electron chi connectivity index (χ2n) is 4.98. The molecular weight excluding hydrogens is 270 g/mol. The number of carboxylic acid groups (broad SMARTS) is 1. The standard InChI is InChI=1S/C13H16F2N2O3/c1-13(2,6-5-11(18)19)17-12(20)16-10-7-8(14)3-4-9(10)15/h3-4,7H,5-6H2,1-2H3,(H,18,19)(H2,16,17,20). The second kappa shape index (κ2) is 6.31. The molecule has 0 aliphatic heterocycles.